The maximum Gasteiger partial charge on any atom is 0.307 e. The Kier molecular flexibility index (Phi) is 6.16. The summed E-state index contributed by atoms with van der Waals surface area (Å²) >= 11 is 1.06. The summed E-state index contributed by atoms with van der Waals surface area (Å²) in [7, 11) is 0. The van der Waals surface area contributed by atoms with E-state index < -0.39 is 16.8 Å². The fourth-order valence-corrected chi connectivity index (χ4v) is 2.54. The highest BCUT2D eigenvalue weighted by molar-refractivity contribution is 7.99. The number of carbonyl (C=O) groups is 2. The number of benzene rings is 1. The van der Waals surface area contributed by atoms with E-state index in [-0.39, 0.29) is 22.2 Å². The van der Waals surface area contributed by atoms with Crippen LogP contribution in [0.25, 0.3) is 0 Å². The second kappa shape index (κ2) is 7.63. The normalized spacial score (nSPS) is 11.7. The molecule has 0 radical (unpaired) electrons. The predicted molar refractivity (Wildman–Crippen MR) is 78.6 cm³/mol. The van der Waals surface area contributed by atoms with E-state index in [1.54, 1.807) is 6.92 Å². The number of carboxylic acid groups (broad SMARTS) is 1. The monoisotopic (exact) mass is 312 g/mol. The maximum absolute atomic E-state index is 11.7. The van der Waals surface area contributed by atoms with Crippen LogP contribution < -0.4 is 5.32 Å². The molecular formula is C13H16N2O5S. The average molecular weight is 312 g/mol. The zero-order chi connectivity index (χ0) is 16.0. The molecule has 0 aliphatic carbocycles. The molecule has 2 N–H and O–H groups in total. The van der Waals surface area contributed by atoms with Crippen molar-refractivity contribution >= 4 is 29.3 Å². The molecule has 1 aromatic carbocycles. The fraction of sp³-hybridized carbons (Fsp3) is 0.385. The van der Waals surface area contributed by atoms with E-state index in [4.69, 9.17) is 5.11 Å². The lowest BCUT2D eigenvalue weighted by Gasteiger charge is -2.08. The number of rotatable bonds is 7. The van der Waals surface area contributed by atoms with Crippen LogP contribution in [0.5, 0.6) is 0 Å². The van der Waals surface area contributed by atoms with Crippen LogP contribution >= 0.6 is 11.8 Å². The van der Waals surface area contributed by atoms with Crippen molar-refractivity contribution in [2.45, 2.75) is 18.7 Å². The minimum absolute atomic E-state index is 0.134. The third kappa shape index (κ3) is 4.75. The van der Waals surface area contributed by atoms with Crippen LogP contribution in [0.1, 0.15) is 24.2 Å². The Morgan fingerprint density at radius 3 is 2.67 bits per heavy atom. The number of nitro groups is 1. The third-order valence-corrected chi connectivity index (χ3v) is 3.97. The Balaban J connectivity index is 3.01. The Morgan fingerprint density at radius 1 is 1.48 bits per heavy atom. The summed E-state index contributed by atoms with van der Waals surface area (Å²) in [6, 6.07) is 4.06. The number of carbonyl (C=O) groups excluding carboxylic acids is 1. The predicted octanol–water partition coefficient (Wildman–Crippen LogP) is 2.16. The van der Waals surface area contributed by atoms with Gasteiger partial charge >= 0.3 is 5.97 Å². The van der Waals surface area contributed by atoms with Crippen molar-refractivity contribution in [3.63, 3.8) is 0 Å². The molecule has 0 spiro atoms. The van der Waals surface area contributed by atoms with Crippen molar-refractivity contribution in [3.05, 3.63) is 33.9 Å². The van der Waals surface area contributed by atoms with Crippen molar-refractivity contribution < 1.29 is 19.6 Å². The van der Waals surface area contributed by atoms with Crippen LogP contribution in [0.3, 0.4) is 0 Å². The first-order valence-corrected chi connectivity index (χ1v) is 7.27. The summed E-state index contributed by atoms with van der Waals surface area (Å²) in [6.07, 6.45) is 0. The van der Waals surface area contributed by atoms with Crippen molar-refractivity contribution in [1.29, 1.82) is 0 Å². The Labute approximate surface area is 125 Å². The number of amides is 1. The summed E-state index contributed by atoms with van der Waals surface area (Å²) < 4.78 is 0. The van der Waals surface area contributed by atoms with Gasteiger partial charge in [0.25, 0.3) is 11.6 Å². The summed E-state index contributed by atoms with van der Waals surface area (Å²) in [5.41, 5.74) is 0.179. The molecule has 1 unspecified atom stereocenters. The van der Waals surface area contributed by atoms with Gasteiger partial charge in [-0.2, -0.15) is 0 Å². The lowest BCUT2D eigenvalue weighted by Crippen LogP contribution is -2.22. The van der Waals surface area contributed by atoms with Gasteiger partial charge in [-0.25, -0.2) is 0 Å². The standard InChI is InChI=1S/C13H16N2O5S/c1-3-14-12(16)9-4-5-10(15(19)20)11(6-9)21-7-8(2)13(17)18/h4-6,8H,3,7H2,1-2H3,(H,14,16)(H,17,18). The molecule has 21 heavy (non-hydrogen) atoms. The van der Waals surface area contributed by atoms with Gasteiger partial charge in [-0.1, -0.05) is 6.92 Å². The molecule has 8 heteroatoms. The SMILES string of the molecule is CCNC(=O)c1ccc([N+](=O)[O-])c(SCC(C)C(=O)O)c1. The number of nitrogens with zero attached hydrogens (tertiary/aromatic N) is 1. The molecule has 1 aromatic rings. The van der Waals surface area contributed by atoms with Crippen LogP contribution in [0.2, 0.25) is 0 Å². The van der Waals surface area contributed by atoms with E-state index in [1.165, 1.54) is 25.1 Å². The largest absolute Gasteiger partial charge is 0.481 e. The van der Waals surface area contributed by atoms with Gasteiger partial charge in [-0.3, -0.25) is 19.7 Å². The topological polar surface area (TPSA) is 110 Å². The zero-order valence-electron chi connectivity index (χ0n) is 11.7. The molecule has 1 rings (SSSR count). The molecule has 1 atom stereocenters. The van der Waals surface area contributed by atoms with Gasteiger partial charge in [0.05, 0.1) is 15.7 Å². The Morgan fingerprint density at radius 2 is 2.14 bits per heavy atom. The van der Waals surface area contributed by atoms with Crippen molar-refractivity contribution in [2.75, 3.05) is 12.3 Å². The van der Waals surface area contributed by atoms with E-state index in [2.05, 4.69) is 5.32 Å². The highest BCUT2D eigenvalue weighted by atomic mass is 32.2. The lowest BCUT2D eigenvalue weighted by molar-refractivity contribution is -0.387. The number of aliphatic carboxylic acids is 1. The summed E-state index contributed by atoms with van der Waals surface area (Å²) in [6.45, 7) is 3.75. The quantitative estimate of drug-likeness (QED) is 0.453. The third-order valence-electron chi connectivity index (χ3n) is 2.67. The van der Waals surface area contributed by atoms with E-state index in [0.29, 0.717) is 12.1 Å². The van der Waals surface area contributed by atoms with Gasteiger partial charge < -0.3 is 10.4 Å². The minimum atomic E-state index is -0.968. The van der Waals surface area contributed by atoms with Gasteiger partial charge in [0.1, 0.15) is 0 Å². The van der Waals surface area contributed by atoms with Crippen molar-refractivity contribution in [1.82, 2.24) is 5.32 Å². The zero-order valence-corrected chi connectivity index (χ0v) is 12.5. The van der Waals surface area contributed by atoms with Gasteiger partial charge in [0.15, 0.2) is 0 Å². The average Bonchev–Trinajstić information content (AvgIpc) is 2.44. The Bertz CT molecular complexity index is 561. The van der Waals surface area contributed by atoms with E-state index in [1.807, 2.05) is 0 Å². The maximum atomic E-state index is 11.7. The highest BCUT2D eigenvalue weighted by Crippen LogP contribution is 2.31. The number of nitrogens with one attached hydrogen (secondary N) is 1. The second-order valence-corrected chi connectivity index (χ2v) is 5.41. The van der Waals surface area contributed by atoms with Gasteiger partial charge in [0, 0.05) is 23.9 Å². The molecule has 1 amide bonds. The first kappa shape index (κ1) is 17.0. The fourth-order valence-electron chi connectivity index (χ4n) is 1.47. The molecular weight excluding hydrogens is 296 g/mol. The summed E-state index contributed by atoms with van der Waals surface area (Å²) in [5.74, 6) is -1.73. The summed E-state index contributed by atoms with van der Waals surface area (Å²) in [5, 5.41) is 22.4. The van der Waals surface area contributed by atoms with Crippen LogP contribution in [0.15, 0.2) is 23.1 Å². The first-order valence-electron chi connectivity index (χ1n) is 6.29. The number of carboxylic acids is 1. The summed E-state index contributed by atoms with van der Waals surface area (Å²) in [4.78, 5) is 33.3. The highest BCUT2D eigenvalue weighted by Gasteiger charge is 2.19. The first-order chi connectivity index (χ1) is 9.86. The molecule has 0 aliphatic rings. The lowest BCUT2D eigenvalue weighted by atomic mass is 10.2. The van der Waals surface area contributed by atoms with Crippen LogP contribution in [-0.4, -0.2) is 34.2 Å². The Hall–Kier alpha value is -2.09. The van der Waals surface area contributed by atoms with Crippen LogP contribution in [0, 0.1) is 16.0 Å². The smallest absolute Gasteiger partial charge is 0.307 e. The molecule has 7 nitrogen and oxygen atoms in total. The van der Waals surface area contributed by atoms with E-state index in [0.717, 1.165) is 11.8 Å². The minimum Gasteiger partial charge on any atom is -0.481 e. The molecule has 114 valence electrons. The molecule has 0 bridgehead atoms. The van der Waals surface area contributed by atoms with Crippen molar-refractivity contribution in [2.24, 2.45) is 5.92 Å². The molecule has 0 aliphatic heterocycles. The van der Waals surface area contributed by atoms with Gasteiger partial charge in [0.2, 0.25) is 0 Å². The van der Waals surface area contributed by atoms with Crippen LogP contribution in [-0.2, 0) is 4.79 Å². The number of hydrogen-bond acceptors (Lipinski definition) is 5. The van der Waals surface area contributed by atoms with Gasteiger partial charge in [-0.05, 0) is 19.1 Å². The number of hydrogen-bond donors (Lipinski definition) is 2. The number of nitro benzene ring substituents is 1. The molecule has 0 saturated carbocycles. The van der Waals surface area contributed by atoms with Crippen molar-refractivity contribution in [3.8, 4) is 0 Å². The molecule has 0 saturated heterocycles. The molecule has 0 aromatic heterocycles. The molecule has 0 fully saturated rings. The van der Waals surface area contributed by atoms with Crippen LogP contribution in [0.4, 0.5) is 5.69 Å². The van der Waals surface area contributed by atoms with E-state index >= 15 is 0 Å². The van der Waals surface area contributed by atoms with E-state index in [9.17, 15) is 19.7 Å². The molecule has 0 heterocycles. The second-order valence-electron chi connectivity index (χ2n) is 4.35. The number of thioether (sulfide) groups is 1. The van der Waals surface area contributed by atoms with Gasteiger partial charge in [-0.15, -0.1) is 11.8 Å².